The van der Waals surface area contributed by atoms with Crippen LogP contribution in [0, 0.1) is 0 Å². The van der Waals surface area contributed by atoms with E-state index in [4.69, 9.17) is 0 Å². The lowest BCUT2D eigenvalue weighted by molar-refractivity contribution is 0.148. The van der Waals surface area contributed by atoms with E-state index in [0.717, 1.165) is 55.7 Å². The fourth-order valence-corrected chi connectivity index (χ4v) is 3.54. The normalized spacial score (nSPS) is 15.2. The number of aromatic nitrogens is 2. The van der Waals surface area contributed by atoms with E-state index >= 15 is 0 Å². The summed E-state index contributed by atoms with van der Waals surface area (Å²) in [6, 6.07) is 20.8. The standard InChI is InChI=1S/C23H28N6/c1-27-11-13-29(14-12-27)17-19-7-6-8-20(15-19)26-22-16-23(25-18-24-22)28(2)21-9-4-3-5-10-21/h3-10,15-16,18H,11-14,17H2,1-2H3,(H,24,25,26). The summed E-state index contributed by atoms with van der Waals surface area (Å²) in [4.78, 5) is 15.8. The first-order chi connectivity index (χ1) is 14.2. The zero-order valence-electron chi connectivity index (χ0n) is 17.1. The van der Waals surface area contributed by atoms with Gasteiger partial charge in [-0.2, -0.15) is 0 Å². The summed E-state index contributed by atoms with van der Waals surface area (Å²) >= 11 is 0. The molecule has 6 nitrogen and oxygen atoms in total. The molecule has 150 valence electrons. The average molecular weight is 389 g/mol. The maximum atomic E-state index is 4.42. The van der Waals surface area contributed by atoms with E-state index in [1.54, 1.807) is 6.33 Å². The second kappa shape index (κ2) is 9.03. The van der Waals surface area contributed by atoms with Gasteiger partial charge in [-0.1, -0.05) is 30.3 Å². The number of likely N-dealkylation sites (N-methyl/N-ethyl adjacent to an activating group) is 1. The molecule has 29 heavy (non-hydrogen) atoms. The van der Waals surface area contributed by atoms with Crippen LogP contribution in [-0.4, -0.2) is 60.0 Å². The summed E-state index contributed by atoms with van der Waals surface area (Å²) in [7, 11) is 4.20. The largest absolute Gasteiger partial charge is 0.340 e. The van der Waals surface area contributed by atoms with E-state index in [1.165, 1.54) is 5.56 Å². The second-order valence-corrected chi connectivity index (χ2v) is 7.56. The van der Waals surface area contributed by atoms with Crippen molar-refractivity contribution in [3.05, 3.63) is 72.6 Å². The molecule has 1 fully saturated rings. The van der Waals surface area contributed by atoms with Crippen molar-refractivity contribution < 1.29 is 0 Å². The number of nitrogens with zero attached hydrogens (tertiary/aromatic N) is 5. The van der Waals surface area contributed by atoms with Gasteiger partial charge in [-0.25, -0.2) is 9.97 Å². The Morgan fingerprint density at radius 3 is 2.52 bits per heavy atom. The molecule has 0 bridgehead atoms. The Bertz CT molecular complexity index is 921. The Morgan fingerprint density at radius 1 is 0.931 bits per heavy atom. The Hall–Kier alpha value is -2.96. The van der Waals surface area contributed by atoms with Gasteiger partial charge in [0.2, 0.25) is 0 Å². The third-order valence-electron chi connectivity index (χ3n) is 5.34. The summed E-state index contributed by atoms with van der Waals surface area (Å²) < 4.78 is 0. The maximum absolute atomic E-state index is 4.42. The highest BCUT2D eigenvalue weighted by molar-refractivity contribution is 5.64. The Kier molecular flexibility index (Phi) is 6.03. The molecule has 0 unspecified atom stereocenters. The minimum atomic E-state index is 0.787. The van der Waals surface area contributed by atoms with Crippen LogP contribution in [0.1, 0.15) is 5.56 Å². The van der Waals surface area contributed by atoms with Crippen LogP contribution in [0.15, 0.2) is 67.0 Å². The van der Waals surface area contributed by atoms with Gasteiger partial charge in [-0.3, -0.25) is 4.90 Å². The van der Waals surface area contributed by atoms with E-state index < -0.39 is 0 Å². The van der Waals surface area contributed by atoms with E-state index in [-0.39, 0.29) is 0 Å². The van der Waals surface area contributed by atoms with Crippen molar-refractivity contribution >= 4 is 23.0 Å². The molecule has 0 spiro atoms. The van der Waals surface area contributed by atoms with Crippen LogP contribution in [0.4, 0.5) is 23.0 Å². The van der Waals surface area contributed by atoms with Crippen molar-refractivity contribution in [1.82, 2.24) is 19.8 Å². The molecular weight excluding hydrogens is 360 g/mol. The number of benzene rings is 2. The molecule has 6 heteroatoms. The fourth-order valence-electron chi connectivity index (χ4n) is 3.54. The van der Waals surface area contributed by atoms with Crippen LogP contribution in [0.5, 0.6) is 0 Å². The van der Waals surface area contributed by atoms with Crippen molar-refractivity contribution in [2.24, 2.45) is 0 Å². The third-order valence-corrected chi connectivity index (χ3v) is 5.34. The highest BCUT2D eigenvalue weighted by Crippen LogP contribution is 2.24. The van der Waals surface area contributed by atoms with Gasteiger partial charge in [-0.05, 0) is 36.9 Å². The van der Waals surface area contributed by atoms with Gasteiger partial charge in [0.05, 0.1) is 0 Å². The summed E-state index contributed by atoms with van der Waals surface area (Å²) in [6.07, 6.45) is 1.60. The second-order valence-electron chi connectivity index (χ2n) is 7.56. The smallest absolute Gasteiger partial charge is 0.138 e. The van der Waals surface area contributed by atoms with Crippen LogP contribution in [0.2, 0.25) is 0 Å². The molecule has 2 aromatic carbocycles. The number of hydrogen-bond acceptors (Lipinski definition) is 6. The van der Waals surface area contributed by atoms with Gasteiger partial charge in [0.1, 0.15) is 18.0 Å². The van der Waals surface area contributed by atoms with E-state index in [1.807, 2.05) is 31.3 Å². The first-order valence-corrected chi connectivity index (χ1v) is 10.0. The molecule has 2 heterocycles. The lowest BCUT2D eigenvalue weighted by atomic mass is 10.1. The van der Waals surface area contributed by atoms with E-state index in [0.29, 0.717) is 0 Å². The van der Waals surface area contributed by atoms with Crippen LogP contribution in [0.3, 0.4) is 0 Å². The minimum absolute atomic E-state index is 0.787. The lowest BCUT2D eigenvalue weighted by Gasteiger charge is -2.32. The molecule has 0 atom stereocenters. The Labute approximate surface area is 172 Å². The number of nitrogens with one attached hydrogen (secondary N) is 1. The quantitative estimate of drug-likeness (QED) is 0.694. The van der Waals surface area contributed by atoms with Crippen molar-refractivity contribution in [1.29, 1.82) is 0 Å². The van der Waals surface area contributed by atoms with Gasteiger partial charge < -0.3 is 15.1 Å². The first-order valence-electron chi connectivity index (χ1n) is 10.0. The molecule has 0 saturated carbocycles. The molecule has 0 radical (unpaired) electrons. The van der Waals surface area contributed by atoms with Crippen molar-refractivity contribution in [2.45, 2.75) is 6.54 Å². The number of piperazine rings is 1. The lowest BCUT2D eigenvalue weighted by Crippen LogP contribution is -2.43. The maximum Gasteiger partial charge on any atom is 0.138 e. The molecule has 1 saturated heterocycles. The van der Waals surface area contributed by atoms with Gasteiger partial charge in [0, 0.05) is 57.2 Å². The van der Waals surface area contributed by atoms with Crippen molar-refractivity contribution in [3.8, 4) is 0 Å². The van der Waals surface area contributed by atoms with Crippen LogP contribution in [0.25, 0.3) is 0 Å². The van der Waals surface area contributed by atoms with Crippen molar-refractivity contribution in [3.63, 3.8) is 0 Å². The summed E-state index contributed by atoms with van der Waals surface area (Å²) in [5, 5.41) is 3.43. The minimum Gasteiger partial charge on any atom is -0.340 e. The molecule has 0 aliphatic carbocycles. The van der Waals surface area contributed by atoms with Gasteiger partial charge >= 0.3 is 0 Å². The Morgan fingerprint density at radius 2 is 1.72 bits per heavy atom. The van der Waals surface area contributed by atoms with Gasteiger partial charge in [0.25, 0.3) is 0 Å². The number of para-hydroxylation sites is 1. The first kappa shape index (κ1) is 19.4. The SMILES string of the molecule is CN1CCN(Cc2cccc(Nc3cc(N(C)c4ccccc4)ncn3)c2)CC1. The monoisotopic (exact) mass is 388 g/mol. The highest BCUT2D eigenvalue weighted by atomic mass is 15.2. The number of anilines is 4. The number of rotatable bonds is 6. The Balaban J connectivity index is 1.44. The highest BCUT2D eigenvalue weighted by Gasteiger charge is 2.14. The molecule has 1 aliphatic heterocycles. The predicted molar refractivity (Wildman–Crippen MR) is 119 cm³/mol. The molecule has 1 aliphatic rings. The summed E-state index contributed by atoms with van der Waals surface area (Å²) in [6.45, 7) is 5.49. The van der Waals surface area contributed by atoms with Crippen LogP contribution >= 0.6 is 0 Å². The number of hydrogen-bond donors (Lipinski definition) is 1. The van der Waals surface area contributed by atoms with E-state index in [2.05, 4.69) is 73.4 Å². The zero-order chi connectivity index (χ0) is 20.1. The summed E-state index contributed by atoms with van der Waals surface area (Å²) in [5.74, 6) is 1.64. The molecular formula is C23H28N6. The van der Waals surface area contributed by atoms with Crippen molar-refractivity contribution in [2.75, 3.05) is 50.5 Å². The van der Waals surface area contributed by atoms with Gasteiger partial charge in [0.15, 0.2) is 0 Å². The molecule has 3 aromatic rings. The topological polar surface area (TPSA) is 47.5 Å². The van der Waals surface area contributed by atoms with Gasteiger partial charge in [-0.15, -0.1) is 0 Å². The molecule has 1 N–H and O–H groups in total. The molecule has 4 rings (SSSR count). The fraction of sp³-hybridized carbons (Fsp3) is 0.304. The molecule has 0 amide bonds. The summed E-state index contributed by atoms with van der Waals surface area (Å²) in [5.41, 5.74) is 3.45. The predicted octanol–water partition coefficient (Wildman–Crippen LogP) is 3.74. The molecule has 1 aromatic heterocycles. The van der Waals surface area contributed by atoms with Crippen LogP contribution < -0.4 is 10.2 Å². The average Bonchev–Trinajstić information content (AvgIpc) is 2.76. The third kappa shape index (κ3) is 5.10. The zero-order valence-corrected chi connectivity index (χ0v) is 17.1. The van der Waals surface area contributed by atoms with E-state index in [9.17, 15) is 0 Å². The van der Waals surface area contributed by atoms with Crippen LogP contribution in [-0.2, 0) is 6.54 Å².